The summed E-state index contributed by atoms with van der Waals surface area (Å²) in [6, 6.07) is 31.6. The number of aromatic nitrogens is 2. The van der Waals surface area contributed by atoms with E-state index in [0.29, 0.717) is 28.2 Å². The number of ether oxygens (including phenoxy) is 2. The average Bonchev–Trinajstić information content (AvgIpc) is 2.96. The Morgan fingerprint density at radius 2 is 1.32 bits per heavy atom. The highest BCUT2D eigenvalue weighted by molar-refractivity contribution is 5.98. The van der Waals surface area contributed by atoms with E-state index in [0.717, 1.165) is 16.8 Å². The van der Waals surface area contributed by atoms with Crippen molar-refractivity contribution >= 4 is 28.6 Å². The molecule has 0 saturated heterocycles. The number of esters is 1. The lowest BCUT2D eigenvalue weighted by Crippen LogP contribution is -2.21. The van der Waals surface area contributed by atoms with Crippen molar-refractivity contribution in [3.05, 3.63) is 109 Å². The molecule has 5 aromatic rings. The van der Waals surface area contributed by atoms with Gasteiger partial charge in [-0.05, 0) is 30.3 Å². The lowest BCUT2D eigenvalue weighted by Gasteiger charge is -2.12. The van der Waals surface area contributed by atoms with Crippen LogP contribution in [0.2, 0.25) is 0 Å². The van der Waals surface area contributed by atoms with Crippen molar-refractivity contribution in [2.75, 3.05) is 19.0 Å². The molecule has 0 spiro atoms. The fraction of sp³-hybridized carbons (Fsp3) is 0.0667. The van der Waals surface area contributed by atoms with Gasteiger partial charge >= 0.3 is 5.97 Å². The molecule has 7 nitrogen and oxygen atoms in total. The average molecular weight is 490 g/mol. The summed E-state index contributed by atoms with van der Waals surface area (Å²) in [5, 5.41) is 2.68. The molecule has 4 aromatic carbocycles. The Balaban J connectivity index is 1.39. The maximum Gasteiger partial charge on any atom is 0.338 e. The Morgan fingerprint density at radius 3 is 1.97 bits per heavy atom. The van der Waals surface area contributed by atoms with Crippen LogP contribution in [-0.4, -0.2) is 35.6 Å². The summed E-state index contributed by atoms with van der Waals surface area (Å²) >= 11 is 0. The molecule has 7 heteroatoms. The number of rotatable bonds is 7. The minimum absolute atomic E-state index is 0.276. The van der Waals surface area contributed by atoms with Gasteiger partial charge in [0.05, 0.1) is 40.8 Å². The quantitative estimate of drug-likeness (QED) is 0.292. The first-order valence-electron chi connectivity index (χ1n) is 11.6. The predicted molar refractivity (Wildman–Crippen MR) is 142 cm³/mol. The highest BCUT2D eigenvalue weighted by atomic mass is 16.5. The number of carbonyl (C=O) groups is 2. The number of methoxy groups -OCH3 is 1. The number of nitrogens with zero attached hydrogens (tertiary/aromatic N) is 2. The third kappa shape index (κ3) is 5.31. The maximum absolute atomic E-state index is 12.7. The fourth-order valence-corrected chi connectivity index (χ4v) is 3.92. The van der Waals surface area contributed by atoms with Crippen LogP contribution >= 0.6 is 0 Å². The number of benzene rings is 4. The van der Waals surface area contributed by atoms with E-state index < -0.39 is 18.5 Å². The van der Waals surface area contributed by atoms with Crippen LogP contribution in [0.4, 0.5) is 5.69 Å². The van der Waals surface area contributed by atoms with E-state index in [4.69, 9.17) is 19.4 Å². The zero-order valence-electron chi connectivity index (χ0n) is 20.0. The van der Waals surface area contributed by atoms with Crippen LogP contribution in [0.15, 0.2) is 103 Å². The molecule has 1 heterocycles. The van der Waals surface area contributed by atoms with Crippen LogP contribution in [-0.2, 0) is 9.53 Å². The van der Waals surface area contributed by atoms with E-state index in [1.807, 2.05) is 60.7 Å². The Hall–Kier alpha value is -5.04. The van der Waals surface area contributed by atoms with Gasteiger partial charge in [0.25, 0.3) is 5.91 Å². The summed E-state index contributed by atoms with van der Waals surface area (Å²) < 4.78 is 10.5. The molecule has 0 aliphatic heterocycles. The van der Waals surface area contributed by atoms with E-state index >= 15 is 0 Å². The van der Waals surface area contributed by atoms with Gasteiger partial charge in [0.1, 0.15) is 5.75 Å². The molecule has 0 aliphatic carbocycles. The number of hydrogen-bond acceptors (Lipinski definition) is 6. The normalized spacial score (nSPS) is 10.6. The Bertz CT molecular complexity index is 1570. The lowest BCUT2D eigenvalue weighted by atomic mass is 10.0. The number of hydrogen-bond donors (Lipinski definition) is 1. The molecule has 1 N–H and O–H groups in total. The summed E-state index contributed by atoms with van der Waals surface area (Å²) in [5.74, 6) is -0.594. The highest BCUT2D eigenvalue weighted by Crippen LogP contribution is 2.31. The van der Waals surface area contributed by atoms with Gasteiger partial charge in [0.2, 0.25) is 0 Å². The first-order valence-corrected chi connectivity index (χ1v) is 11.6. The number of anilines is 1. The fourth-order valence-electron chi connectivity index (χ4n) is 3.92. The molecule has 0 radical (unpaired) electrons. The molecular formula is C30H23N3O4. The summed E-state index contributed by atoms with van der Waals surface area (Å²) in [5.41, 5.74) is 5.28. The molecule has 5 rings (SSSR count). The summed E-state index contributed by atoms with van der Waals surface area (Å²) in [7, 11) is 1.51. The molecule has 1 amide bonds. The van der Waals surface area contributed by atoms with Crippen LogP contribution in [0.1, 0.15) is 10.4 Å². The number of para-hydroxylation sites is 2. The predicted octanol–water partition coefficient (Wildman–Crippen LogP) is 5.77. The van der Waals surface area contributed by atoms with Crippen molar-refractivity contribution in [1.29, 1.82) is 0 Å². The Morgan fingerprint density at radius 1 is 0.730 bits per heavy atom. The third-order valence-electron chi connectivity index (χ3n) is 5.71. The molecule has 0 bridgehead atoms. The SMILES string of the molecule is COc1ccccc1NC(=O)COC(=O)c1ccc2nc(-c3ccccc3)c(-c3ccccc3)nc2c1. The number of fused-ring (bicyclic) bond motifs is 1. The molecule has 1 aromatic heterocycles. The maximum atomic E-state index is 12.7. The third-order valence-corrected chi connectivity index (χ3v) is 5.71. The van der Waals surface area contributed by atoms with Crippen LogP contribution in [0.25, 0.3) is 33.5 Å². The van der Waals surface area contributed by atoms with Crippen molar-refractivity contribution in [3.63, 3.8) is 0 Å². The first-order chi connectivity index (χ1) is 18.1. The van der Waals surface area contributed by atoms with Crippen LogP contribution in [0, 0.1) is 0 Å². The second-order valence-electron chi connectivity index (χ2n) is 8.18. The second-order valence-corrected chi connectivity index (χ2v) is 8.18. The van der Waals surface area contributed by atoms with Crippen molar-refractivity contribution in [1.82, 2.24) is 9.97 Å². The van der Waals surface area contributed by atoms with Crippen molar-refractivity contribution in [2.45, 2.75) is 0 Å². The molecule has 0 atom stereocenters. The minimum atomic E-state index is -0.632. The standard InChI is InChI=1S/C30H23N3O4/c1-36-26-15-9-8-14-24(26)31-27(34)19-37-30(35)22-16-17-23-25(18-22)33-29(21-12-6-3-7-13-21)28(32-23)20-10-4-2-5-11-20/h2-18H,19H2,1H3,(H,31,34). The minimum Gasteiger partial charge on any atom is -0.495 e. The zero-order valence-corrected chi connectivity index (χ0v) is 20.0. The van der Waals surface area contributed by atoms with Crippen molar-refractivity contribution in [3.8, 4) is 28.3 Å². The second kappa shape index (κ2) is 10.7. The highest BCUT2D eigenvalue weighted by Gasteiger charge is 2.16. The van der Waals surface area contributed by atoms with Crippen LogP contribution < -0.4 is 10.1 Å². The van der Waals surface area contributed by atoms with E-state index in [1.54, 1.807) is 42.5 Å². The molecule has 37 heavy (non-hydrogen) atoms. The van der Waals surface area contributed by atoms with Crippen molar-refractivity contribution in [2.24, 2.45) is 0 Å². The van der Waals surface area contributed by atoms with Gasteiger partial charge in [-0.3, -0.25) is 4.79 Å². The molecule has 182 valence electrons. The van der Waals surface area contributed by atoms with E-state index in [2.05, 4.69) is 5.32 Å². The zero-order chi connectivity index (χ0) is 25.6. The molecule has 0 aliphatic rings. The monoisotopic (exact) mass is 489 g/mol. The van der Waals surface area contributed by atoms with Crippen LogP contribution in [0.3, 0.4) is 0 Å². The molecular weight excluding hydrogens is 466 g/mol. The number of carbonyl (C=O) groups excluding carboxylic acids is 2. The summed E-state index contributed by atoms with van der Waals surface area (Å²) in [4.78, 5) is 34.8. The van der Waals surface area contributed by atoms with Gasteiger partial charge in [0.15, 0.2) is 6.61 Å². The summed E-state index contributed by atoms with van der Waals surface area (Å²) in [6.07, 6.45) is 0. The van der Waals surface area contributed by atoms with E-state index in [9.17, 15) is 9.59 Å². The van der Waals surface area contributed by atoms with Gasteiger partial charge in [-0.1, -0.05) is 72.8 Å². The van der Waals surface area contributed by atoms with Gasteiger partial charge < -0.3 is 14.8 Å². The molecule has 0 saturated carbocycles. The topological polar surface area (TPSA) is 90.4 Å². The van der Waals surface area contributed by atoms with Gasteiger partial charge in [-0.15, -0.1) is 0 Å². The van der Waals surface area contributed by atoms with Crippen LogP contribution in [0.5, 0.6) is 5.75 Å². The van der Waals surface area contributed by atoms with Gasteiger partial charge in [-0.2, -0.15) is 0 Å². The lowest BCUT2D eigenvalue weighted by molar-refractivity contribution is -0.119. The Kier molecular flexibility index (Phi) is 6.85. The van der Waals surface area contributed by atoms with Crippen molar-refractivity contribution < 1.29 is 19.1 Å². The number of nitrogens with one attached hydrogen (secondary N) is 1. The largest absolute Gasteiger partial charge is 0.495 e. The molecule has 0 fully saturated rings. The first kappa shape index (κ1) is 23.7. The Labute approximate surface area is 213 Å². The molecule has 0 unspecified atom stereocenters. The smallest absolute Gasteiger partial charge is 0.338 e. The summed E-state index contributed by atoms with van der Waals surface area (Å²) in [6.45, 7) is -0.442. The van der Waals surface area contributed by atoms with E-state index in [1.165, 1.54) is 7.11 Å². The van der Waals surface area contributed by atoms with Gasteiger partial charge in [-0.25, -0.2) is 14.8 Å². The van der Waals surface area contributed by atoms with Gasteiger partial charge in [0, 0.05) is 11.1 Å². The van der Waals surface area contributed by atoms with E-state index in [-0.39, 0.29) is 5.56 Å². The number of amides is 1.